The van der Waals surface area contributed by atoms with E-state index in [1.165, 1.54) is 10.4 Å². The first-order valence-corrected chi connectivity index (χ1v) is 8.41. The summed E-state index contributed by atoms with van der Waals surface area (Å²) in [4.78, 5) is 0.244. The summed E-state index contributed by atoms with van der Waals surface area (Å²) in [6.45, 7) is 4.98. The second-order valence-electron chi connectivity index (χ2n) is 5.33. The predicted molar refractivity (Wildman–Crippen MR) is 79.2 cm³/mol. The normalized spacial score (nSPS) is 17.4. The third kappa shape index (κ3) is 3.24. The lowest BCUT2D eigenvalue weighted by atomic mass is 10.2. The van der Waals surface area contributed by atoms with E-state index in [1.807, 2.05) is 13.8 Å². The van der Waals surface area contributed by atoms with Gasteiger partial charge in [0.2, 0.25) is 10.0 Å². The van der Waals surface area contributed by atoms with Crippen LogP contribution in [0.2, 0.25) is 0 Å². The summed E-state index contributed by atoms with van der Waals surface area (Å²) in [7, 11) is -3.43. The summed E-state index contributed by atoms with van der Waals surface area (Å²) in [6, 6.07) is 4.69. The number of nitrogen functional groups attached to an aromatic ring is 1. The number of sulfonamides is 1. The average molecular weight is 298 g/mol. The Bertz CT molecular complexity index is 564. The van der Waals surface area contributed by atoms with Crippen molar-refractivity contribution < 1.29 is 13.2 Å². The van der Waals surface area contributed by atoms with Crippen molar-refractivity contribution in [2.45, 2.75) is 44.1 Å². The largest absolute Gasteiger partial charge is 0.489 e. The van der Waals surface area contributed by atoms with Gasteiger partial charge >= 0.3 is 0 Å². The minimum Gasteiger partial charge on any atom is -0.489 e. The zero-order valence-electron chi connectivity index (χ0n) is 12.0. The standard InChI is InChI=1S/C14H22N2O3S/c1-11(2)19-14-7-6-12(10-13(14)15)20(17,18)16-8-4-3-5-9-16/h6-7,10-11H,3-5,8-9,15H2,1-2H3. The fraction of sp³-hybridized carbons (Fsp3) is 0.571. The van der Waals surface area contributed by atoms with Crippen LogP contribution in [0.15, 0.2) is 23.1 Å². The van der Waals surface area contributed by atoms with E-state index in [4.69, 9.17) is 10.5 Å². The second kappa shape index (κ2) is 6.01. The van der Waals surface area contributed by atoms with Crippen LogP contribution in [0, 0.1) is 0 Å². The number of nitrogens with two attached hydrogens (primary N) is 1. The molecule has 1 aliphatic heterocycles. The van der Waals surface area contributed by atoms with Crippen LogP contribution in [0.1, 0.15) is 33.1 Å². The summed E-state index contributed by atoms with van der Waals surface area (Å²) in [5, 5.41) is 0. The number of piperidine rings is 1. The molecule has 0 bridgehead atoms. The monoisotopic (exact) mass is 298 g/mol. The maximum Gasteiger partial charge on any atom is 0.243 e. The lowest BCUT2D eigenvalue weighted by Gasteiger charge is -2.26. The van der Waals surface area contributed by atoms with Gasteiger partial charge in [-0.3, -0.25) is 0 Å². The lowest BCUT2D eigenvalue weighted by Crippen LogP contribution is -2.35. The van der Waals surface area contributed by atoms with Crippen molar-refractivity contribution >= 4 is 15.7 Å². The van der Waals surface area contributed by atoms with Crippen LogP contribution in [-0.2, 0) is 10.0 Å². The van der Waals surface area contributed by atoms with Crippen LogP contribution < -0.4 is 10.5 Å². The van der Waals surface area contributed by atoms with Crippen molar-refractivity contribution in [2.75, 3.05) is 18.8 Å². The molecule has 0 aromatic heterocycles. The second-order valence-corrected chi connectivity index (χ2v) is 7.27. The molecule has 0 saturated carbocycles. The van der Waals surface area contributed by atoms with Crippen molar-refractivity contribution in [3.8, 4) is 5.75 Å². The van der Waals surface area contributed by atoms with Gasteiger partial charge in [-0.1, -0.05) is 6.42 Å². The minimum atomic E-state index is -3.43. The molecule has 1 aliphatic rings. The van der Waals surface area contributed by atoms with Crippen LogP contribution in [0.25, 0.3) is 0 Å². The molecule has 5 nitrogen and oxygen atoms in total. The Morgan fingerprint density at radius 1 is 1.20 bits per heavy atom. The Morgan fingerprint density at radius 2 is 1.85 bits per heavy atom. The van der Waals surface area contributed by atoms with E-state index in [-0.39, 0.29) is 11.0 Å². The van der Waals surface area contributed by atoms with Crippen molar-refractivity contribution in [2.24, 2.45) is 0 Å². The number of rotatable bonds is 4. The van der Waals surface area contributed by atoms with Gasteiger partial charge in [-0.2, -0.15) is 4.31 Å². The molecule has 0 atom stereocenters. The van der Waals surface area contributed by atoms with E-state index in [0.29, 0.717) is 24.5 Å². The molecule has 6 heteroatoms. The Kier molecular flexibility index (Phi) is 4.55. The van der Waals surface area contributed by atoms with Gasteiger partial charge in [0.05, 0.1) is 16.7 Å². The Morgan fingerprint density at radius 3 is 2.40 bits per heavy atom. The molecule has 20 heavy (non-hydrogen) atoms. The van der Waals surface area contributed by atoms with Gasteiger partial charge < -0.3 is 10.5 Å². The Labute approximate surface area is 120 Å². The maximum absolute atomic E-state index is 12.5. The maximum atomic E-state index is 12.5. The van der Waals surface area contributed by atoms with Crippen LogP contribution in [0.5, 0.6) is 5.75 Å². The number of benzene rings is 1. The van der Waals surface area contributed by atoms with Crippen LogP contribution in [-0.4, -0.2) is 31.9 Å². The van der Waals surface area contributed by atoms with Gasteiger partial charge in [0, 0.05) is 13.1 Å². The summed E-state index contributed by atoms with van der Waals surface area (Å²) >= 11 is 0. The summed E-state index contributed by atoms with van der Waals surface area (Å²) in [5.74, 6) is 0.526. The van der Waals surface area contributed by atoms with Gasteiger partial charge in [0.25, 0.3) is 0 Å². The van der Waals surface area contributed by atoms with Crippen LogP contribution in [0.3, 0.4) is 0 Å². The van der Waals surface area contributed by atoms with Crippen LogP contribution in [0.4, 0.5) is 5.69 Å². The van der Waals surface area contributed by atoms with E-state index >= 15 is 0 Å². The summed E-state index contributed by atoms with van der Waals surface area (Å²) in [5.41, 5.74) is 6.25. The van der Waals surface area contributed by atoms with Gasteiger partial charge in [-0.15, -0.1) is 0 Å². The predicted octanol–water partition coefficient (Wildman–Crippen LogP) is 2.23. The molecule has 1 heterocycles. The molecular formula is C14H22N2O3S. The number of hydrogen-bond donors (Lipinski definition) is 1. The fourth-order valence-electron chi connectivity index (χ4n) is 2.30. The van der Waals surface area contributed by atoms with E-state index in [0.717, 1.165) is 19.3 Å². The summed E-state index contributed by atoms with van der Waals surface area (Å²) < 4.78 is 32.1. The molecule has 1 aromatic carbocycles. The highest BCUT2D eigenvalue weighted by molar-refractivity contribution is 7.89. The van der Waals surface area contributed by atoms with E-state index in [9.17, 15) is 8.42 Å². The molecule has 0 amide bonds. The first-order chi connectivity index (χ1) is 9.41. The van der Waals surface area contributed by atoms with E-state index in [1.54, 1.807) is 12.1 Å². The zero-order valence-corrected chi connectivity index (χ0v) is 12.8. The molecule has 0 aliphatic carbocycles. The minimum absolute atomic E-state index is 0.00171. The Balaban J connectivity index is 2.26. The quantitative estimate of drug-likeness (QED) is 0.865. The van der Waals surface area contributed by atoms with E-state index < -0.39 is 10.0 Å². The highest BCUT2D eigenvalue weighted by atomic mass is 32.2. The first kappa shape index (κ1) is 15.1. The average Bonchev–Trinajstić information content (AvgIpc) is 2.41. The molecule has 2 N–H and O–H groups in total. The van der Waals surface area contributed by atoms with Gasteiger partial charge in [0.1, 0.15) is 5.75 Å². The van der Waals surface area contributed by atoms with Crippen molar-refractivity contribution in [3.63, 3.8) is 0 Å². The molecule has 112 valence electrons. The SMILES string of the molecule is CC(C)Oc1ccc(S(=O)(=O)N2CCCCC2)cc1N. The molecule has 1 aromatic rings. The third-order valence-corrected chi connectivity index (χ3v) is 5.19. The third-order valence-electron chi connectivity index (χ3n) is 3.30. The first-order valence-electron chi connectivity index (χ1n) is 6.97. The van der Waals surface area contributed by atoms with E-state index in [2.05, 4.69) is 0 Å². The molecule has 2 rings (SSSR count). The topological polar surface area (TPSA) is 72.6 Å². The molecule has 1 fully saturated rings. The highest BCUT2D eigenvalue weighted by Gasteiger charge is 2.26. The molecule has 0 spiro atoms. The Hall–Kier alpha value is -1.27. The molecule has 1 saturated heterocycles. The smallest absolute Gasteiger partial charge is 0.243 e. The number of hydrogen-bond acceptors (Lipinski definition) is 4. The highest BCUT2D eigenvalue weighted by Crippen LogP contribution is 2.28. The number of nitrogens with zero attached hydrogens (tertiary/aromatic N) is 1. The fourth-order valence-corrected chi connectivity index (χ4v) is 3.86. The number of anilines is 1. The molecular weight excluding hydrogens is 276 g/mol. The van der Waals surface area contributed by atoms with Gasteiger partial charge in [0.15, 0.2) is 0 Å². The zero-order chi connectivity index (χ0) is 14.8. The van der Waals surface area contributed by atoms with Crippen molar-refractivity contribution in [1.29, 1.82) is 0 Å². The van der Waals surface area contributed by atoms with Gasteiger partial charge in [-0.25, -0.2) is 8.42 Å². The van der Waals surface area contributed by atoms with Crippen molar-refractivity contribution in [3.05, 3.63) is 18.2 Å². The molecule has 0 radical (unpaired) electrons. The van der Waals surface area contributed by atoms with Gasteiger partial charge in [-0.05, 0) is 44.9 Å². The van der Waals surface area contributed by atoms with Crippen molar-refractivity contribution in [1.82, 2.24) is 4.31 Å². The molecule has 0 unspecified atom stereocenters. The lowest BCUT2D eigenvalue weighted by molar-refractivity contribution is 0.243. The van der Waals surface area contributed by atoms with Crippen LogP contribution >= 0.6 is 0 Å². The summed E-state index contributed by atoms with van der Waals surface area (Å²) in [6.07, 6.45) is 2.93. The number of ether oxygens (including phenoxy) is 1.